The fraction of sp³-hybridized carbons (Fsp3) is 0.312. The van der Waals surface area contributed by atoms with Crippen LogP contribution >= 0.6 is 0 Å². The van der Waals surface area contributed by atoms with Crippen molar-refractivity contribution in [2.24, 2.45) is 0 Å². The third-order valence-corrected chi connectivity index (χ3v) is 6.66. The molecule has 1 saturated heterocycles. The molecule has 1 aliphatic rings. The number of anilines is 1. The van der Waals surface area contributed by atoms with Crippen molar-refractivity contribution in [3.63, 3.8) is 0 Å². The smallest absolute Gasteiger partial charge is 0.123 e. The summed E-state index contributed by atoms with van der Waals surface area (Å²) in [5.74, 6) is -0.175. The molecular formula is C32H38FN3. The molecule has 4 heteroatoms. The van der Waals surface area contributed by atoms with Crippen molar-refractivity contribution in [1.82, 2.24) is 9.80 Å². The van der Waals surface area contributed by atoms with Crippen LogP contribution in [0, 0.1) is 5.82 Å². The minimum Gasteiger partial charge on any atom is -0.369 e. The highest BCUT2D eigenvalue weighted by Gasteiger charge is 2.18. The zero-order chi connectivity index (χ0) is 25.3. The Morgan fingerprint density at radius 1 is 0.889 bits per heavy atom. The predicted molar refractivity (Wildman–Crippen MR) is 152 cm³/mol. The van der Waals surface area contributed by atoms with Gasteiger partial charge in [-0.25, -0.2) is 4.39 Å². The second-order valence-corrected chi connectivity index (χ2v) is 9.47. The molecule has 1 aliphatic heterocycles. The maximum atomic E-state index is 13.2. The van der Waals surface area contributed by atoms with Crippen LogP contribution in [0.25, 0.3) is 16.8 Å². The number of allylic oxidation sites excluding steroid dienone is 4. The quantitative estimate of drug-likeness (QED) is 0.313. The molecular weight excluding hydrogens is 445 g/mol. The van der Waals surface area contributed by atoms with Crippen LogP contribution in [0.15, 0.2) is 90.3 Å². The molecule has 36 heavy (non-hydrogen) atoms. The fourth-order valence-electron chi connectivity index (χ4n) is 4.77. The molecule has 0 saturated carbocycles. The number of halogens is 1. The summed E-state index contributed by atoms with van der Waals surface area (Å²) in [5.41, 5.74) is 5.93. The molecule has 1 heterocycles. The summed E-state index contributed by atoms with van der Waals surface area (Å²) in [4.78, 5) is 4.93. The number of nitrogens with one attached hydrogen (secondary N) is 1. The molecule has 0 radical (unpaired) electrons. The molecule has 0 aliphatic carbocycles. The van der Waals surface area contributed by atoms with Crippen LogP contribution in [0.3, 0.4) is 0 Å². The summed E-state index contributed by atoms with van der Waals surface area (Å²) in [6.45, 7) is 11.3. The lowest BCUT2D eigenvalue weighted by Crippen LogP contribution is -2.45. The van der Waals surface area contributed by atoms with Crippen LogP contribution in [-0.4, -0.2) is 36.0 Å². The van der Waals surface area contributed by atoms with Crippen LogP contribution in [0.5, 0.6) is 0 Å². The Morgan fingerprint density at radius 3 is 2.22 bits per heavy atom. The van der Waals surface area contributed by atoms with E-state index < -0.39 is 0 Å². The summed E-state index contributed by atoms with van der Waals surface area (Å²) in [6, 6.07) is 19.9. The maximum Gasteiger partial charge on any atom is 0.123 e. The zero-order valence-electron chi connectivity index (χ0n) is 21.8. The minimum atomic E-state index is -0.175. The van der Waals surface area contributed by atoms with E-state index in [0.717, 1.165) is 56.8 Å². The van der Waals surface area contributed by atoms with Crippen LogP contribution in [0.2, 0.25) is 0 Å². The monoisotopic (exact) mass is 483 g/mol. The average Bonchev–Trinajstić information content (AvgIpc) is 2.88. The molecule has 0 atom stereocenters. The third-order valence-electron chi connectivity index (χ3n) is 6.66. The van der Waals surface area contributed by atoms with E-state index in [1.54, 1.807) is 12.1 Å². The molecule has 0 unspecified atom stereocenters. The van der Waals surface area contributed by atoms with Gasteiger partial charge in [-0.15, -0.1) is 0 Å². The Labute approximate surface area is 215 Å². The van der Waals surface area contributed by atoms with Crippen molar-refractivity contribution in [3.8, 4) is 0 Å². The Kier molecular flexibility index (Phi) is 8.96. The van der Waals surface area contributed by atoms with Crippen LogP contribution < -0.4 is 5.32 Å². The standard InChI is InChI=1S/C32H38FN3/c1-4-8-25(3)34-32-23-28-11-7-6-10-27(28)22-29(32)14-17-31(9-5-2)36-20-18-35(19-21-36)24-26-12-15-30(33)16-13-26/h6-17,22-23,34H,4-5,18-21,24H2,1-3H3/b17-14+,25-8?,31-9+. The van der Waals surface area contributed by atoms with Crippen molar-refractivity contribution < 1.29 is 4.39 Å². The lowest BCUT2D eigenvalue weighted by Gasteiger charge is -2.36. The molecule has 0 amide bonds. The molecule has 188 valence electrons. The van der Waals surface area contributed by atoms with Crippen molar-refractivity contribution >= 4 is 22.5 Å². The van der Waals surface area contributed by atoms with Gasteiger partial charge in [0.1, 0.15) is 5.82 Å². The van der Waals surface area contributed by atoms with Gasteiger partial charge in [0.2, 0.25) is 0 Å². The number of rotatable bonds is 9. The van der Waals surface area contributed by atoms with E-state index >= 15 is 0 Å². The second-order valence-electron chi connectivity index (χ2n) is 9.47. The van der Waals surface area contributed by atoms with Gasteiger partial charge in [0.05, 0.1) is 0 Å². The third kappa shape index (κ3) is 6.86. The highest BCUT2D eigenvalue weighted by Crippen LogP contribution is 2.27. The summed E-state index contributed by atoms with van der Waals surface area (Å²) < 4.78 is 13.2. The first-order chi connectivity index (χ1) is 17.6. The van der Waals surface area contributed by atoms with Gasteiger partial charge >= 0.3 is 0 Å². The first kappa shape index (κ1) is 25.7. The minimum absolute atomic E-state index is 0.175. The van der Waals surface area contributed by atoms with Gasteiger partial charge in [-0.05, 0) is 72.0 Å². The number of hydrogen-bond donors (Lipinski definition) is 1. The van der Waals surface area contributed by atoms with Gasteiger partial charge < -0.3 is 10.2 Å². The van der Waals surface area contributed by atoms with E-state index in [4.69, 9.17) is 0 Å². The Hall–Kier alpha value is -3.37. The fourth-order valence-corrected chi connectivity index (χ4v) is 4.77. The average molecular weight is 484 g/mol. The van der Waals surface area contributed by atoms with Crippen molar-refractivity contribution in [2.75, 3.05) is 31.5 Å². The highest BCUT2D eigenvalue weighted by atomic mass is 19.1. The molecule has 0 bridgehead atoms. The number of nitrogens with zero attached hydrogens (tertiary/aromatic N) is 2. The molecule has 3 aromatic carbocycles. The van der Waals surface area contributed by atoms with E-state index in [9.17, 15) is 4.39 Å². The van der Waals surface area contributed by atoms with E-state index in [1.807, 2.05) is 12.1 Å². The zero-order valence-corrected chi connectivity index (χ0v) is 21.8. The van der Waals surface area contributed by atoms with Crippen LogP contribution in [0.4, 0.5) is 10.1 Å². The van der Waals surface area contributed by atoms with E-state index in [0.29, 0.717) is 0 Å². The van der Waals surface area contributed by atoms with Gasteiger partial charge in [-0.3, -0.25) is 4.90 Å². The highest BCUT2D eigenvalue weighted by molar-refractivity contribution is 5.90. The first-order valence-corrected chi connectivity index (χ1v) is 13.1. The topological polar surface area (TPSA) is 18.5 Å². The summed E-state index contributed by atoms with van der Waals surface area (Å²) in [5, 5.41) is 6.10. The van der Waals surface area contributed by atoms with Gasteiger partial charge in [0, 0.05) is 49.8 Å². The Balaban J connectivity index is 1.49. The van der Waals surface area contributed by atoms with Gasteiger partial charge in [-0.1, -0.05) is 68.5 Å². The first-order valence-electron chi connectivity index (χ1n) is 13.1. The molecule has 1 N–H and O–H groups in total. The maximum absolute atomic E-state index is 13.2. The van der Waals surface area contributed by atoms with Gasteiger partial charge in [0.15, 0.2) is 0 Å². The Bertz CT molecular complexity index is 1230. The second kappa shape index (κ2) is 12.5. The van der Waals surface area contributed by atoms with E-state index in [2.05, 4.69) is 96.6 Å². The van der Waals surface area contributed by atoms with Crippen molar-refractivity contribution in [3.05, 3.63) is 107 Å². The largest absolute Gasteiger partial charge is 0.369 e. The van der Waals surface area contributed by atoms with Gasteiger partial charge in [-0.2, -0.15) is 0 Å². The molecule has 3 aromatic rings. The lowest BCUT2D eigenvalue weighted by molar-refractivity contribution is 0.155. The summed E-state index contributed by atoms with van der Waals surface area (Å²) >= 11 is 0. The van der Waals surface area contributed by atoms with Crippen LogP contribution in [-0.2, 0) is 6.54 Å². The number of benzene rings is 3. The van der Waals surface area contributed by atoms with E-state index in [-0.39, 0.29) is 5.82 Å². The molecule has 0 aromatic heterocycles. The Morgan fingerprint density at radius 2 is 1.56 bits per heavy atom. The number of fused-ring (bicyclic) bond motifs is 1. The molecule has 3 nitrogen and oxygen atoms in total. The number of hydrogen-bond acceptors (Lipinski definition) is 3. The molecule has 4 rings (SSSR count). The SMILES string of the molecule is CCC=C(C)Nc1cc2ccccc2cc1/C=C/C(=C\CC)N1CCN(Cc2ccc(F)cc2)CC1. The van der Waals surface area contributed by atoms with Crippen molar-refractivity contribution in [2.45, 2.75) is 40.2 Å². The summed E-state index contributed by atoms with van der Waals surface area (Å²) in [7, 11) is 0. The van der Waals surface area contributed by atoms with Gasteiger partial charge in [0.25, 0.3) is 0 Å². The van der Waals surface area contributed by atoms with E-state index in [1.165, 1.54) is 27.7 Å². The lowest BCUT2D eigenvalue weighted by atomic mass is 10.0. The van der Waals surface area contributed by atoms with Crippen LogP contribution in [0.1, 0.15) is 44.7 Å². The van der Waals surface area contributed by atoms with Crippen molar-refractivity contribution in [1.29, 1.82) is 0 Å². The predicted octanol–water partition coefficient (Wildman–Crippen LogP) is 7.83. The number of piperazine rings is 1. The summed E-state index contributed by atoms with van der Waals surface area (Å²) in [6.07, 6.45) is 11.1. The normalized spacial score (nSPS) is 15.7. The molecule has 0 spiro atoms. The molecule has 1 fully saturated rings.